The van der Waals surface area contributed by atoms with Crippen LogP contribution in [0.25, 0.3) is 0 Å². The number of sulfonamides is 1. The summed E-state index contributed by atoms with van der Waals surface area (Å²) in [4.78, 5) is 13.4. The van der Waals surface area contributed by atoms with Crippen molar-refractivity contribution in [2.45, 2.75) is 23.8 Å². The van der Waals surface area contributed by atoms with Crippen molar-refractivity contribution in [1.29, 1.82) is 0 Å². The molecule has 0 aliphatic carbocycles. The van der Waals surface area contributed by atoms with Crippen LogP contribution in [-0.4, -0.2) is 49.2 Å². The Morgan fingerprint density at radius 1 is 1.15 bits per heavy atom. The van der Waals surface area contributed by atoms with Crippen LogP contribution in [0.1, 0.15) is 12.8 Å². The molecule has 5 nitrogen and oxygen atoms in total. The molecule has 2 fully saturated rings. The Bertz CT molecular complexity index is 630. The third-order valence-corrected chi connectivity index (χ3v) is 5.79. The predicted molar refractivity (Wildman–Crippen MR) is 69.9 cm³/mol. The number of amides is 1. The lowest BCUT2D eigenvalue weighted by molar-refractivity contribution is -0.130. The van der Waals surface area contributed by atoms with Gasteiger partial charge in [-0.3, -0.25) is 4.79 Å². The number of carbonyl (C=O) groups excluding carboxylic acids is 1. The maximum atomic E-state index is 12.9. The number of piperazine rings is 1. The quantitative estimate of drug-likeness (QED) is 0.812. The summed E-state index contributed by atoms with van der Waals surface area (Å²) < 4.78 is 39.2. The summed E-state index contributed by atoms with van der Waals surface area (Å²) in [7, 11) is -3.61. The van der Waals surface area contributed by atoms with E-state index in [-0.39, 0.29) is 16.8 Å². The first-order valence-corrected chi connectivity index (χ1v) is 7.98. The molecule has 3 rings (SSSR count). The summed E-state index contributed by atoms with van der Waals surface area (Å²) in [6, 6.07) is 4.81. The minimum absolute atomic E-state index is 0.0218. The third kappa shape index (κ3) is 2.20. The molecular formula is C13H15FN2O3S. The van der Waals surface area contributed by atoms with Crippen LogP contribution in [0.3, 0.4) is 0 Å². The Morgan fingerprint density at radius 3 is 2.55 bits per heavy atom. The summed E-state index contributed by atoms with van der Waals surface area (Å²) in [5, 5.41) is 0. The molecule has 1 aromatic carbocycles. The van der Waals surface area contributed by atoms with E-state index in [4.69, 9.17) is 0 Å². The van der Waals surface area contributed by atoms with Crippen molar-refractivity contribution in [3.63, 3.8) is 0 Å². The minimum Gasteiger partial charge on any atom is -0.337 e. The standard InChI is InChI=1S/C13H15FN2O3S/c14-10-1-4-12(5-2-10)20(18,19)15-7-8-16-11(9-15)3-6-13(16)17/h1-2,4-5,11H,3,6-9H2/t11-/m0/s1. The monoisotopic (exact) mass is 298 g/mol. The van der Waals surface area contributed by atoms with E-state index in [9.17, 15) is 17.6 Å². The number of fused-ring (bicyclic) bond motifs is 1. The molecule has 0 unspecified atom stereocenters. The minimum atomic E-state index is -3.61. The molecule has 2 aliphatic rings. The fourth-order valence-electron chi connectivity index (χ4n) is 2.81. The molecule has 1 amide bonds. The van der Waals surface area contributed by atoms with Gasteiger partial charge in [0.25, 0.3) is 0 Å². The molecule has 0 aromatic heterocycles. The lowest BCUT2D eigenvalue weighted by atomic mass is 10.2. The second kappa shape index (κ2) is 4.82. The zero-order valence-corrected chi connectivity index (χ0v) is 11.6. The average molecular weight is 298 g/mol. The molecule has 2 saturated heterocycles. The van der Waals surface area contributed by atoms with Crippen LogP contribution >= 0.6 is 0 Å². The summed E-state index contributed by atoms with van der Waals surface area (Å²) in [6.07, 6.45) is 1.20. The van der Waals surface area contributed by atoms with Gasteiger partial charge < -0.3 is 4.90 Å². The van der Waals surface area contributed by atoms with Gasteiger partial charge in [-0.05, 0) is 30.7 Å². The molecule has 0 N–H and O–H groups in total. The van der Waals surface area contributed by atoms with Crippen molar-refractivity contribution in [3.8, 4) is 0 Å². The van der Waals surface area contributed by atoms with Gasteiger partial charge in [-0.2, -0.15) is 4.31 Å². The number of nitrogens with zero attached hydrogens (tertiary/aromatic N) is 2. The highest BCUT2D eigenvalue weighted by molar-refractivity contribution is 7.89. The molecule has 1 atom stereocenters. The zero-order valence-electron chi connectivity index (χ0n) is 10.8. The van der Waals surface area contributed by atoms with Crippen molar-refractivity contribution in [2.24, 2.45) is 0 Å². The topological polar surface area (TPSA) is 57.7 Å². The SMILES string of the molecule is O=C1CC[C@H]2CN(S(=O)(=O)c3ccc(F)cc3)CCN12. The van der Waals surface area contributed by atoms with Crippen molar-refractivity contribution in [1.82, 2.24) is 9.21 Å². The van der Waals surface area contributed by atoms with Crippen LogP contribution in [0.5, 0.6) is 0 Å². The maximum Gasteiger partial charge on any atom is 0.243 e. The second-order valence-corrected chi connectivity index (χ2v) is 7.03. The normalized spacial score (nSPS) is 23.9. The Kier molecular flexibility index (Phi) is 3.25. The van der Waals surface area contributed by atoms with E-state index >= 15 is 0 Å². The highest BCUT2D eigenvalue weighted by Gasteiger charge is 2.39. The Hall–Kier alpha value is -1.47. The van der Waals surface area contributed by atoms with E-state index in [1.165, 1.54) is 16.4 Å². The van der Waals surface area contributed by atoms with Crippen LogP contribution in [0.15, 0.2) is 29.2 Å². The van der Waals surface area contributed by atoms with Crippen molar-refractivity contribution in [2.75, 3.05) is 19.6 Å². The van der Waals surface area contributed by atoms with Crippen molar-refractivity contribution in [3.05, 3.63) is 30.1 Å². The number of hydrogen-bond acceptors (Lipinski definition) is 3. The van der Waals surface area contributed by atoms with Gasteiger partial charge in [0, 0.05) is 32.1 Å². The highest BCUT2D eigenvalue weighted by atomic mass is 32.2. The van der Waals surface area contributed by atoms with Gasteiger partial charge in [0.05, 0.1) is 4.90 Å². The van der Waals surface area contributed by atoms with Crippen molar-refractivity contribution < 1.29 is 17.6 Å². The Labute approximate surface area is 117 Å². The van der Waals surface area contributed by atoms with Gasteiger partial charge >= 0.3 is 0 Å². The van der Waals surface area contributed by atoms with E-state index in [0.717, 1.165) is 12.1 Å². The first kappa shape index (κ1) is 13.5. The van der Waals surface area contributed by atoms with Gasteiger partial charge in [-0.25, -0.2) is 12.8 Å². The Morgan fingerprint density at radius 2 is 1.85 bits per heavy atom. The number of halogens is 1. The van der Waals surface area contributed by atoms with Gasteiger partial charge in [0.1, 0.15) is 5.82 Å². The molecule has 0 bridgehead atoms. The predicted octanol–water partition coefficient (Wildman–Crippen LogP) is 0.821. The molecule has 0 saturated carbocycles. The summed E-state index contributed by atoms with van der Waals surface area (Å²) in [5.74, 6) is -0.357. The third-order valence-electron chi connectivity index (χ3n) is 3.91. The van der Waals surface area contributed by atoms with Gasteiger partial charge in [0.2, 0.25) is 15.9 Å². The average Bonchev–Trinajstić information content (AvgIpc) is 2.80. The summed E-state index contributed by atoms with van der Waals surface area (Å²) in [5.41, 5.74) is 0. The van der Waals surface area contributed by atoms with E-state index in [1.54, 1.807) is 4.90 Å². The highest BCUT2D eigenvalue weighted by Crippen LogP contribution is 2.26. The van der Waals surface area contributed by atoms with Gasteiger partial charge in [0.15, 0.2) is 0 Å². The summed E-state index contributed by atoms with van der Waals surface area (Å²) in [6.45, 7) is 1.05. The zero-order chi connectivity index (χ0) is 14.3. The van der Waals surface area contributed by atoms with E-state index in [1.807, 2.05) is 0 Å². The van der Waals surface area contributed by atoms with E-state index in [2.05, 4.69) is 0 Å². The largest absolute Gasteiger partial charge is 0.337 e. The molecule has 20 heavy (non-hydrogen) atoms. The van der Waals surface area contributed by atoms with E-state index in [0.29, 0.717) is 32.5 Å². The molecule has 0 radical (unpaired) electrons. The fraction of sp³-hybridized carbons (Fsp3) is 0.462. The summed E-state index contributed by atoms with van der Waals surface area (Å²) >= 11 is 0. The first-order valence-electron chi connectivity index (χ1n) is 6.54. The lowest BCUT2D eigenvalue weighted by Crippen LogP contribution is -2.53. The lowest BCUT2D eigenvalue weighted by Gasteiger charge is -2.36. The molecule has 2 aliphatic heterocycles. The van der Waals surface area contributed by atoms with Gasteiger partial charge in [-0.1, -0.05) is 0 Å². The molecule has 1 aromatic rings. The number of benzene rings is 1. The molecule has 0 spiro atoms. The van der Waals surface area contributed by atoms with Crippen molar-refractivity contribution >= 4 is 15.9 Å². The molecular weight excluding hydrogens is 283 g/mol. The Balaban J connectivity index is 1.82. The van der Waals surface area contributed by atoms with Crippen LogP contribution in [0, 0.1) is 5.82 Å². The first-order chi connectivity index (χ1) is 9.48. The van der Waals surface area contributed by atoms with E-state index < -0.39 is 15.8 Å². The maximum absolute atomic E-state index is 12.9. The van der Waals surface area contributed by atoms with Crippen LogP contribution in [-0.2, 0) is 14.8 Å². The van der Waals surface area contributed by atoms with Crippen LogP contribution < -0.4 is 0 Å². The van der Waals surface area contributed by atoms with Crippen LogP contribution in [0.2, 0.25) is 0 Å². The smallest absolute Gasteiger partial charge is 0.243 e. The molecule has 2 heterocycles. The molecule has 108 valence electrons. The molecule has 7 heteroatoms. The number of hydrogen-bond donors (Lipinski definition) is 0. The number of rotatable bonds is 2. The van der Waals surface area contributed by atoms with Gasteiger partial charge in [-0.15, -0.1) is 0 Å². The fourth-order valence-corrected chi connectivity index (χ4v) is 4.28. The second-order valence-electron chi connectivity index (χ2n) is 5.10. The van der Waals surface area contributed by atoms with Crippen LogP contribution in [0.4, 0.5) is 4.39 Å². The number of carbonyl (C=O) groups is 1.